The first kappa shape index (κ1) is 17.3. The Morgan fingerprint density at radius 1 is 1.15 bits per heavy atom. The van der Waals surface area contributed by atoms with Crippen molar-refractivity contribution in [3.8, 4) is 23.0 Å². The number of rotatable bonds is 6. The second kappa shape index (κ2) is 7.56. The summed E-state index contributed by atoms with van der Waals surface area (Å²) in [6, 6.07) is 11.3. The van der Waals surface area contributed by atoms with Crippen LogP contribution in [0.2, 0.25) is 0 Å². The lowest BCUT2D eigenvalue weighted by Crippen LogP contribution is -2.29. The lowest BCUT2D eigenvalue weighted by molar-refractivity contribution is -0.117. The molecule has 2 heterocycles. The molecule has 0 unspecified atom stereocenters. The van der Waals surface area contributed by atoms with Crippen LogP contribution < -0.4 is 20.3 Å². The Hall–Kier alpha value is -3.55. The van der Waals surface area contributed by atoms with Crippen LogP contribution in [0, 0.1) is 0 Å². The molecule has 3 aromatic rings. The summed E-state index contributed by atoms with van der Waals surface area (Å²) >= 11 is 0. The van der Waals surface area contributed by atoms with Gasteiger partial charge < -0.3 is 19.2 Å². The molecule has 2 aromatic heterocycles. The molecule has 0 spiro atoms. The highest BCUT2D eigenvalue weighted by atomic mass is 16.5. The van der Waals surface area contributed by atoms with Crippen LogP contribution in [0.4, 0.5) is 5.69 Å². The molecule has 1 N–H and O–H groups in total. The van der Waals surface area contributed by atoms with Gasteiger partial charge in [-0.15, -0.1) is 0 Å². The van der Waals surface area contributed by atoms with E-state index in [0.29, 0.717) is 28.6 Å². The lowest BCUT2D eigenvalue weighted by Gasteiger charge is -2.10. The molecule has 0 aliphatic carbocycles. The Morgan fingerprint density at radius 3 is 2.50 bits per heavy atom. The number of aromatic nitrogens is 2. The highest BCUT2D eigenvalue weighted by Crippen LogP contribution is 2.25. The number of hydrogen-bond acceptors (Lipinski definition) is 6. The monoisotopic (exact) mass is 355 g/mol. The third kappa shape index (κ3) is 3.92. The van der Waals surface area contributed by atoms with Gasteiger partial charge in [-0.2, -0.15) is 5.10 Å². The number of methoxy groups -OCH3 is 2. The molecule has 26 heavy (non-hydrogen) atoms. The Bertz CT molecular complexity index is 941. The van der Waals surface area contributed by atoms with E-state index in [1.165, 1.54) is 26.5 Å². The van der Waals surface area contributed by atoms with E-state index < -0.39 is 11.5 Å². The van der Waals surface area contributed by atoms with Crippen LogP contribution in [0.15, 0.2) is 57.9 Å². The molecule has 1 amide bonds. The Balaban J connectivity index is 1.78. The summed E-state index contributed by atoms with van der Waals surface area (Å²) in [7, 11) is 3.04. The van der Waals surface area contributed by atoms with E-state index in [1.54, 1.807) is 36.4 Å². The molecule has 0 saturated carbocycles. The van der Waals surface area contributed by atoms with Crippen LogP contribution in [0.1, 0.15) is 0 Å². The third-order valence-electron chi connectivity index (χ3n) is 3.57. The minimum Gasteiger partial charge on any atom is -0.497 e. The van der Waals surface area contributed by atoms with E-state index in [4.69, 9.17) is 13.9 Å². The summed E-state index contributed by atoms with van der Waals surface area (Å²) in [5, 5.41) is 6.86. The molecule has 0 radical (unpaired) electrons. The van der Waals surface area contributed by atoms with Gasteiger partial charge >= 0.3 is 0 Å². The first-order valence-electron chi connectivity index (χ1n) is 7.74. The van der Waals surface area contributed by atoms with Crippen molar-refractivity contribution < 1.29 is 18.7 Å². The van der Waals surface area contributed by atoms with Crippen LogP contribution in [-0.4, -0.2) is 29.9 Å². The number of hydrogen-bond donors (Lipinski definition) is 1. The molecule has 0 bridgehead atoms. The number of nitrogens with zero attached hydrogens (tertiary/aromatic N) is 2. The van der Waals surface area contributed by atoms with Gasteiger partial charge in [-0.05, 0) is 18.2 Å². The second-order valence-electron chi connectivity index (χ2n) is 5.34. The van der Waals surface area contributed by atoms with Gasteiger partial charge in [0.15, 0.2) is 5.76 Å². The Labute approximate surface area is 149 Å². The van der Waals surface area contributed by atoms with Crippen LogP contribution in [0.25, 0.3) is 11.5 Å². The normalized spacial score (nSPS) is 10.4. The summed E-state index contributed by atoms with van der Waals surface area (Å²) < 4.78 is 16.7. The Morgan fingerprint density at radius 2 is 1.88 bits per heavy atom. The van der Waals surface area contributed by atoms with Crippen molar-refractivity contribution in [2.45, 2.75) is 6.54 Å². The zero-order valence-electron chi connectivity index (χ0n) is 14.3. The largest absolute Gasteiger partial charge is 0.497 e. The highest BCUT2D eigenvalue weighted by molar-refractivity contribution is 5.91. The molecule has 1 aromatic carbocycles. The average molecular weight is 355 g/mol. The van der Waals surface area contributed by atoms with E-state index >= 15 is 0 Å². The zero-order valence-corrected chi connectivity index (χ0v) is 14.3. The fraction of sp³-hybridized carbons (Fsp3) is 0.167. The van der Waals surface area contributed by atoms with Crippen molar-refractivity contribution in [2.75, 3.05) is 19.5 Å². The number of carbonyl (C=O) groups excluding carboxylic acids is 1. The molecule has 0 saturated heterocycles. The quantitative estimate of drug-likeness (QED) is 0.728. The molecule has 0 atom stereocenters. The van der Waals surface area contributed by atoms with Gasteiger partial charge in [0.1, 0.15) is 23.7 Å². The van der Waals surface area contributed by atoms with Crippen molar-refractivity contribution >= 4 is 11.6 Å². The first-order valence-corrected chi connectivity index (χ1v) is 7.74. The lowest BCUT2D eigenvalue weighted by atomic mass is 10.2. The van der Waals surface area contributed by atoms with Crippen LogP contribution in [-0.2, 0) is 11.3 Å². The summed E-state index contributed by atoms with van der Waals surface area (Å²) in [5.74, 6) is 1.17. The summed E-state index contributed by atoms with van der Waals surface area (Å²) in [4.78, 5) is 24.3. The number of carbonyl (C=O) groups is 1. The number of ether oxygens (including phenoxy) is 2. The van der Waals surface area contributed by atoms with E-state index in [0.717, 1.165) is 4.68 Å². The van der Waals surface area contributed by atoms with Gasteiger partial charge in [-0.1, -0.05) is 0 Å². The van der Waals surface area contributed by atoms with Crippen LogP contribution in [0.3, 0.4) is 0 Å². The second-order valence-corrected chi connectivity index (χ2v) is 5.34. The van der Waals surface area contributed by atoms with Gasteiger partial charge in [0.25, 0.3) is 5.56 Å². The van der Waals surface area contributed by atoms with Gasteiger partial charge in [0.05, 0.1) is 20.5 Å². The topological polar surface area (TPSA) is 95.6 Å². The molecule has 8 heteroatoms. The standard InChI is InChI=1S/C18H17N3O5/c1-24-13-8-12(9-14(10-13)25-2)19-17(22)11-21-18(23)6-5-15(20-21)16-4-3-7-26-16/h3-10H,11H2,1-2H3,(H,19,22). The van der Waals surface area contributed by atoms with Gasteiger partial charge in [0, 0.05) is 30.0 Å². The number of nitrogens with one attached hydrogen (secondary N) is 1. The maximum atomic E-state index is 12.3. The van der Waals surface area contributed by atoms with E-state index in [2.05, 4.69) is 10.4 Å². The highest BCUT2D eigenvalue weighted by Gasteiger charge is 2.11. The molecule has 8 nitrogen and oxygen atoms in total. The summed E-state index contributed by atoms with van der Waals surface area (Å²) in [5.41, 5.74) is 0.561. The Kier molecular flexibility index (Phi) is 5.02. The van der Waals surface area contributed by atoms with Crippen LogP contribution >= 0.6 is 0 Å². The van der Waals surface area contributed by atoms with Crippen molar-refractivity contribution in [2.24, 2.45) is 0 Å². The van der Waals surface area contributed by atoms with Crippen molar-refractivity contribution in [1.29, 1.82) is 0 Å². The molecule has 0 aliphatic rings. The molecule has 0 aliphatic heterocycles. The molecular formula is C18H17N3O5. The molecule has 134 valence electrons. The summed E-state index contributed by atoms with van der Waals surface area (Å²) in [6.45, 7) is -0.243. The number of benzene rings is 1. The van der Waals surface area contributed by atoms with E-state index in [-0.39, 0.29) is 6.54 Å². The fourth-order valence-corrected chi connectivity index (χ4v) is 2.33. The van der Waals surface area contributed by atoms with Gasteiger partial charge in [-0.25, -0.2) is 4.68 Å². The SMILES string of the molecule is COc1cc(NC(=O)Cn2nc(-c3ccco3)ccc2=O)cc(OC)c1. The number of furan rings is 1. The minimum atomic E-state index is -0.411. The number of amides is 1. The smallest absolute Gasteiger partial charge is 0.267 e. The maximum Gasteiger partial charge on any atom is 0.267 e. The zero-order chi connectivity index (χ0) is 18.5. The minimum absolute atomic E-state index is 0.243. The van der Waals surface area contributed by atoms with Crippen molar-refractivity contribution in [1.82, 2.24) is 9.78 Å². The first-order chi connectivity index (χ1) is 12.6. The summed E-state index contributed by atoms with van der Waals surface area (Å²) in [6.07, 6.45) is 1.51. The van der Waals surface area contributed by atoms with Crippen molar-refractivity contribution in [3.05, 3.63) is 59.1 Å². The van der Waals surface area contributed by atoms with E-state index in [9.17, 15) is 9.59 Å². The number of anilines is 1. The molecule has 3 rings (SSSR count). The van der Waals surface area contributed by atoms with Crippen molar-refractivity contribution in [3.63, 3.8) is 0 Å². The average Bonchev–Trinajstić information content (AvgIpc) is 3.17. The van der Waals surface area contributed by atoms with Crippen LogP contribution in [0.5, 0.6) is 11.5 Å². The van der Waals surface area contributed by atoms with Gasteiger partial charge in [0.2, 0.25) is 5.91 Å². The third-order valence-corrected chi connectivity index (χ3v) is 3.57. The predicted octanol–water partition coefficient (Wildman–Crippen LogP) is 2.16. The van der Waals surface area contributed by atoms with E-state index in [1.807, 2.05) is 0 Å². The molecular weight excluding hydrogens is 338 g/mol. The maximum absolute atomic E-state index is 12.3. The van der Waals surface area contributed by atoms with Gasteiger partial charge in [-0.3, -0.25) is 9.59 Å². The predicted molar refractivity (Wildman–Crippen MR) is 94.4 cm³/mol. The fourth-order valence-electron chi connectivity index (χ4n) is 2.33. The molecule has 0 fully saturated rings.